The smallest absolute Gasteiger partial charge is 0.225 e. The summed E-state index contributed by atoms with van der Waals surface area (Å²) in [6, 6.07) is 0. The Bertz CT molecular complexity index is 964. The second-order valence-electron chi connectivity index (χ2n) is 10.4. The largest absolute Gasteiger partial charge is 0.352 e. The molecule has 30 heavy (non-hydrogen) atoms. The van der Waals surface area contributed by atoms with E-state index in [2.05, 4.69) is 37.5 Å². The first-order valence-corrected chi connectivity index (χ1v) is 12.5. The minimum Gasteiger partial charge on any atom is -0.352 e. The lowest BCUT2D eigenvalue weighted by atomic mass is 9.72. The summed E-state index contributed by atoms with van der Waals surface area (Å²) in [5.74, 6) is 3.49. The van der Waals surface area contributed by atoms with Crippen molar-refractivity contribution in [2.24, 2.45) is 17.3 Å². The number of hydrogen-bond donors (Lipinski definition) is 0. The number of amides is 1. The molecule has 0 bridgehead atoms. The van der Waals surface area contributed by atoms with Gasteiger partial charge in [0.1, 0.15) is 16.5 Å². The molecule has 0 spiro atoms. The number of carbonyl (C=O) groups excluding carboxylic acids is 1. The van der Waals surface area contributed by atoms with Gasteiger partial charge in [-0.2, -0.15) is 0 Å². The molecule has 5 rings (SSSR count). The minimum atomic E-state index is 0.314. The molecule has 1 atom stereocenters. The lowest BCUT2D eigenvalue weighted by molar-refractivity contribution is -0.132. The first-order valence-electron chi connectivity index (χ1n) is 11.7. The van der Waals surface area contributed by atoms with Crippen LogP contribution in [-0.2, 0) is 24.1 Å². The SMILES string of the molecule is CCc1nc(N2CCN(C(=O)C3CC3)CC2)c2c3c(sc2n1)C[C@@H](C(C)(C)C)CC3. The van der Waals surface area contributed by atoms with E-state index >= 15 is 0 Å². The van der Waals surface area contributed by atoms with Crippen molar-refractivity contribution in [1.29, 1.82) is 0 Å². The summed E-state index contributed by atoms with van der Waals surface area (Å²) < 4.78 is 0. The highest BCUT2D eigenvalue weighted by Crippen LogP contribution is 2.45. The molecule has 3 aliphatic rings. The van der Waals surface area contributed by atoms with Crippen LogP contribution in [0.15, 0.2) is 0 Å². The molecule has 162 valence electrons. The Morgan fingerprint density at radius 1 is 1.10 bits per heavy atom. The van der Waals surface area contributed by atoms with Crippen molar-refractivity contribution < 1.29 is 4.79 Å². The van der Waals surface area contributed by atoms with E-state index in [1.54, 1.807) is 0 Å². The quantitative estimate of drug-likeness (QED) is 0.727. The first-order chi connectivity index (χ1) is 14.3. The van der Waals surface area contributed by atoms with Gasteiger partial charge in [-0.25, -0.2) is 9.97 Å². The third-order valence-corrected chi connectivity index (χ3v) is 8.44. The molecule has 2 fully saturated rings. The van der Waals surface area contributed by atoms with E-state index in [9.17, 15) is 4.79 Å². The molecule has 0 aromatic carbocycles. The van der Waals surface area contributed by atoms with E-state index < -0.39 is 0 Å². The number of hydrogen-bond acceptors (Lipinski definition) is 5. The predicted octanol–water partition coefficient (Wildman–Crippen LogP) is 4.46. The number of rotatable bonds is 3. The van der Waals surface area contributed by atoms with Crippen LogP contribution in [0, 0.1) is 17.3 Å². The zero-order chi connectivity index (χ0) is 21.0. The van der Waals surface area contributed by atoms with Gasteiger partial charge in [-0.1, -0.05) is 27.7 Å². The van der Waals surface area contributed by atoms with Gasteiger partial charge in [-0.3, -0.25) is 4.79 Å². The van der Waals surface area contributed by atoms with Crippen LogP contribution < -0.4 is 4.90 Å². The van der Waals surface area contributed by atoms with E-state index in [1.807, 2.05) is 11.3 Å². The fourth-order valence-corrected chi connectivity index (χ4v) is 6.37. The van der Waals surface area contributed by atoms with Crippen LogP contribution in [0.1, 0.15) is 63.2 Å². The van der Waals surface area contributed by atoms with Gasteiger partial charge < -0.3 is 9.80 Å². The standard InChI is InChI=1S/C24H34N4OS/c1-5-19-25-21(27-10-12-28(13-11-27)23(29)15-6-7-15)20-17-9-8-16(24(2,3)4)14-18(17)30-22(20)26-19/h15-16H,5-14H2,1-4H3/t16-/m0/s1. The van der Waals surface area contributed by atoms with Gasteiger partial charge in [0.15, 0.2) is 0 Å². The topological polar surface area (TPSA) is 49.3 Å². The molecular weight excluding hydrogens is 392 g/mol. The van der Waals surface area contributed by atoms with E-state index in [0.717, 1.165) is 69.4 Å². The average molecular weight is 427 g/mol. The number of nitrogens with zero attached hydrogens (tertiary/aromatic N) is 4. The molecule has 0 radical (unpaired) electrons. The van der Waals surface area contributed by atoms with Gasteiger partial charge >= 0.3 is 0 Å². The van der Waals surface area contributed by atoms with Gasteiger partial charge in [0.05, 0.1) is 5.39 Å². The van der Waals surface area contributed by atoms with E-state index in [0.29, 0.717) is 17.2 Å². The number of carbonyl (C=O) groups is 1. The van der Waals surface area contributed by atoms with Crippen LogP contribution in [0.25, 0.3) is 10.2 Å². The van der Waals surface area contributed by atoms with Gasteiger partial charge in [0.2, 0.25) is 5.91 Å². The van der Waals surface area contributed by atoms with Crippen molar-refractivity contribution >= 4 is 33.3 Å². The van der Waals surface area contributed by atoms with E-state index in [-0.39, 0.29) is 0 Å². The monoisotopic (exact) mass is 426 g/mol. The van der Waals surface area contributed by atoms with Crippen LogP contribution in [-0.4, -0.2) is 47.0 Å². The second-order valence-corrected chi connectivity index (χ2v) is 11.5. The normalized spacial score (nSPS) is 22.5. The maximum absolute atomic E-state index is 12.5. The fraction of sp³-hybridized carbons (Fsp3) is 0.708. The molecule has 1 saturated heterocycles. The molecule has 0 N–H and O–H groups in total. The van der Waals surface area contributed by atoms with E-state index in [4.69, 9.17) is 9.97 Å². The first kappa shape index (κ1) is 20.2. The average Bonchev–Trinajstić information content (AvgIpc) is 3.52. The Kier molecular flexibility index (Phi) is 5.04. The zero-order valence-electron chi connectivity index (χ0n) is 18.8. The molecule has 1 aliphatic heterocycles. The summed E-state index contributed by atoms with van der Waals surface area (Å²) in [5.41, 5.74) is 1.85. The second kappa shape index (κ2) is 7.47. The van der Waals surface area contributed by atoms with Gasteiger partial charge in [-0.05, 0) is 49.0 Å². The lowest BCUT2D eigenvalue weighted by Crippen LogP contribution is -2.49. The van der Waals surface area contributed by atoms with Crippen LogP contribution in [0.2, 0.25) is 0 Å². The third-order valence-electron chi connectivity index (χ3n) is 7.29. The Morgan fingerprint density at radius 3 is 2.47 bits per heavy atom. The Balaban J connectivity index is 1.46. The molecular formula is C24H34N4OS. The molecule has 2 aromatic heterocycles. The minimum absolute atomic E-state index is 0.314. The Labute approximate surface area is 183 Å². The molecule has 6 heteroatoms. The van der Waals surface area contributed by atoms with Crippen molar-refractivity contribution in [3.05, 3.63) is 16.3 Å². The number of anilines is 1. The number of fused-ring (bicyclic) bond motifs is 3. The Morgan fingerprint density at radius 2 is 1.83 bits per heavy atom. The van der Waals surface area contributed by atoms with Crippen molar-refractivity contribution in [3.63, 3.8) is 0 Å². The summed E-state index contributed by atoms with van der Waals surface area (Å²) in [6.07, 6.45) is 6.59. The lowest BCUT2D eigenvalue weighted by Gasteiger charge is -2.36. The van der Waals surface area contributed by atoms with Crippen LogP contribution >= 0.6 is 11.3 Å². The maximum Gasteiger partial charge on any atom is 0.225 e. The summed E-state index contributed by atoms with van der Waals surface area (Å²) >= 11 is 1.90. The molecule has 3 heterocycles. The van der Waals surface area contributed by atoms with E-state index in [1.165, 1.54) is 33.5 Å². The third kappa shape index (κ3) is 3.61. The van der Waals surface area contributed by atoms with Gasteiger partial charge in [0, 0.05) is 43.4 Å². The molecule has 1 amide bonds. The fourth-order valence-electron chi connectivity index (χ4n) is 5.05. The van der Waals surface area contributed by atoms with Crippen molar-refractivity contribution in [2.75, 3.05) is 31.1 Å². The number of thiophene rings is 1. The van der Waals surface area contributed by atoms with Crippen LogP contribution in [0.5, 0.6) is 0 Å². The van der Waals surface area contributed by atoms with Crippen molar-refractivity contribution in [3.8, 4) is 0 Å². The number of piperazine rings is 1. The van der Waals surface area contributed by atoms with Gasteiger partial charge in [-0.15, -0.1) is 11.3 Å². The summed E-state index contributed by atoms with van der Waals surface area (Å²) in [6.45, 7) is 12.7. The molecule has 0 unspecified atom stereocenters. The predicted molar refractivity (Wildman–Crippen MR) is 123 cm³/mol. The molecule has 2 aromatic rings. The summed E-state index contributed by atoms with van der Waals surface area (Å²) in [4.78, 5) is 29.6. The zero-order valence-corrected chi connectivity index (χ0v) is 19.6. The Hall–Kier alpha value is -1.69. The molecule has 1 saturated carbocycles. The summed E-state index contributed by atoms with van der Waals surface area (Å²) in [7, 11) is 0. The summed E-state index contributed by atoms with van der Waals surface area (Å²) in [5, 5.41) is 1.31. The maximum atomic E-state index is 12.5. The van der Waals surface area contributed by atoms with Crippen LogP contribution in [0.4, 0.5) is 5.82 Å². The van der Waals surface area contributed by atoms with Crippen LogP contribution in [0.3, 0.4) is 0 Å². The highest BCUT2D eigenvalue weighted by atomic mass is 32.1. The molecule has 5 nitrogen and oxygen atoms in total. The highest BCUT2D eigenvalue weighted by Gasteiger charge is 2.36. The van der Waals surface area contributed by atoms with Crippen molar-refractivity contribution in [1.82, 2.24) is 14.9 Å². The van der Waals surface area contributed by atoms with Crippen molar-refractivity contribution in [2.45, 2.75) is 66.2 Å². The number of aryl methyl sites for hydroxylation is 2. The molecule has 2 aliphatic carbocycles. The van der Waals surface area contributed by atoms with Gasteiger partial charge in [0.25, 0.3) is 0 Å². The number of aromatic nitrogens is 2. The highest BCUT2D eigenvalue weighted by molar-refractivity contribution is 7.19.